The monoisotopic (exact) mass is 328 g/mol. The van der Waals surface area contributed by atoms with E-state index in [1.54, 1.807) is 0 Å². The van der Waals surface area contributed by atoms with E-state index < -0.39 is 5.91 Å². The van der Waals surface area contributed by atoms with Crippen LogP contribution in [0.3, 0.4) is 0 Å². The van der Waals surface area contributed by atoms with Crippen molar-refractivity contribution in [2.45, 2.75) is 50.7 Å². The second kappa shape index (κ2) is 5.48. The molecule has 4 rings (SSSR count). The van der Waals surface area contributed by atoms with Gasteiger partial charge in [-0.15, -0.1) is 0 Å². The van der Waals surface area contributed by atoms with E-state index >= 15 is 0 Å². The van der Waals surface area contributed by atoms with Crippen molar-refractivity contribution < 1.29 is 9.90 Å². The maximum atomic E-state index is 11.9. The molecule has 6 nitrogen and oxygen atoms in total. The van der Waals surface area contributed by atoms with Crippen molar-refractivity contribution in [1.29, 1.82) is 0 Å². The van der Waals surface area contributed by atoms with Gasteiger partial charge < -0.3 is 21.1 Å². The Bertz CT molecular complexity index is 765. The van der Waals surface area contributed by atoms with Crippen molar-refractivity contribution in [1.82, 2.24) is 9.97 Å². The number of pyridine rings is 1. The highest BCUT2D eigenvalue weighted by Crippen LogP contribution is 2.47. The fourth-order valence-electron chi connectivity index (χ4n) is 5.05. The molecule has 2 aromatic rings. The minimum absolute atomic E-state index is 0.185. The number of hydrogen-bond donors (Lipinski definition) is 4. The van der Waals surface area contributed by atoms with E-state index in [0.717, 1.165) is 36.0 Å². The number of H-pyrrole nitrogens is 1. The lowest BCUT2D eigenvalue weighted by atomic mass is 9.63. The fraction of sp³-hybridized carbons (Fsp3) is 0.556. The van der Waals surface area contributed by atoms with Gasteiger partial charge in [0.25, 0.3) is 5.91 Å². The van der Waals surface area contributed by atoms with Crippen LogP contribution in [0, 0.1) is 11.8 Å². The highest BCUT2D eigenvalue weighted by atomic mass is 16.3. The number of anilines is 1. The second-order valence-electron chi connectivity index (χ2n) is 7.77. The van der Waals surface area contributed by atoms with Crippen LogP contribution in [0.15, 0.2) is 18.5 Å². The van der Waals surface area contributed by atoms with E-state index in [4.69, 9.17) is 5.73 Å². The summed E-state index contributed by atoms with van der Waals surface area (Å²) in [6, 6.07) is 1.91. The van der Waals surface area contributed by atoms with Gasteiger partial charge in [-0.25, -0.2) is 4.98 Å². The molecular formula is C18H24N4O2. The SMILES string of the molecule is CC1C[C@H]2CC(O)C[C@](Nc3c(C(N)=O)cnc4[nH]ccc34)(C1)C2. The summed E-state index contributed by atoms with van der Waals surface area (Å²) in [5.74, 6) is 0.649. The smallest absolute Gasteiger partial charge is 0.252 e. The van der Waals surface area contributed by atoms with Crippen LogP contribution in [0.5, 0.6) is 0 Å². The van der Waals surface area contributed by atoms with Gasteiger partial charge in [0.05, 0.1) is 17.4 Å². The van der Waals surface area contributed by atoms with Crippen LogP contribution in [-0.2, 0) is 0 Å². The molecule has 0 radical (unpaired) electrons. The molecule has 2 saturated carbocycles. The molecule has 2 aromatic heterocycles. The van der Waals surface area contributed by atoms with E-state index in [1.807, 2.05) is 12.3 Å². The Hall–Kier alpha value is -2.08. The number of amides is 1. The van der Waals surface area contributed by atoms with Crippen LogP contribution < -0.4 is 11.1 Å². The van der Waals surface area contributed by atoms with Crippen molar-refractivity contribution in [3.63, 3.8) is 0 Å². The van der Waals surface area contributed by atoms with Gasteiger partial charge in [0.2, 0.25) is 0 Å². The van der Waals surface area contributed by atoms with E-state index in [0.29, 0.717) is 23.8 Å². The van der Waals surface area contributed by atoms with Crippen molar-refractivity contribution >= 4 is 22.6 Å². The van der Waals surface area contributed by atoms with Gasteiger partial charge in [0, 0.05) is 23.3 Å². The molecule has 6 heteroatoms. The largest absolute Gasteiger partial charge is 0.393 e. The number of aliphatic hydroxyl groups excluding tert-OH is 1. The number of nitrogens with zero attached hydrogens (tertiary/aromatic N) is 1. The number of aromatic amines is 1. The molecule has 128 valence electrons. The van der Waals surface area contributed by atoms with Crippen LogP contribution in [0.25, 0.3) is 11.0 Å². The maximum absolute atomic E-state index is 11.9. The molecule has 2 unspecified atom stereocenters. The van der Waals surface area contributed by atoms with Gasteiger partial charge >= 0.3 is 0 Å². The Morgan fingerprint density at radius 2 is 2.25 bits per heavy atom. The lowest BCUT2D eigenvalue weighted by Crippen LogP contribution is -2.52. The molecule has 2 bridgehead atoms. The Morgan fingerprint density at radius 1 is 1.42 bits per heavy atom. The van der Waals surface area contributed by atoms with Gasteiger partial charge in [0.15, 0.2) is 0 Å². The van der Waals surface area contributed by atoms with Crippen molar-refractivity contribution in [2.24, 2.45) is 17.6 Å². The molecule has 0 saturated heterocycles. The minimum Gasteiger partial charge on any atom is -0.393 e. The minimum atomic E-state index is -0.485. The summed E-state index contributed by atoms with van der Waals surface area (Å²) in [4.78, 5) is 19.3. The summed E-state index contributed by atoms with van der Waals surface area (Å²) in [6.07, 6.45) is 7.83. The van der Waals surface area contributed by atoms with Crippen LogP contribution in [0.2, 0.25) is 0 Å². The van der Waals surface area contributed by atoms with Crippen LogP contribution in [0.4, 0.5) is 5.69 Å². The molecule has 4 atom stereocenters. The summed E-state index contributed by atoms with van der Waals surface area (Å²) >= 11 is 0. The lowest BCUT2D eigenvalue weighted by Gasteiger charge is -2.50. The predicted octanol–water partition coefficient (Wildman–Crippen LogP) is 2.40. The van der Waals surface area contributed by atoms with Gasteiger partial charge in [-0.05, 0) is 50.0 Å². The molecule has 0 spiro atoms. The average Bonchev–Trinajstić information content (AvgIpc) is 2.94. The normalized spacial score (nSPS) is 32.7. The Morgan fingerprint density at radius 3 is 3.04 bits per heavy atom. The number of nitrogens with one attached hydrogen (secondary N) is 2. The molecular weight excluding hydrogens is 304 g/mol. The summed E-state index contributed by atoms with van der Waals surface area (Å²) in [5.41, 5.74) is 7.28. The lowest BCUT2D eigenvalue weighted by molar-refractivity contribution is 0.0228. The number of aliphatic hydroxyl groups is 1. The molecule has 1 amide bonds. The number of rotatable bonds is 3. The average molecular weight is 328 g/mol. The molecule has 24 heavy (non-hydrogen) atoms. The molecule has 2 aliphatic rings. The summed E-state index contributed by atoms with van der Waals surface area (Å²) in [6.45, 7) is 2.27. The predicted molar refractivity (Wildman–Crippen MR) is 92.7 cm³/mol. The number of carbonyl (C=O) groups excluding carboxylic acids is 1. The first-order chi connectivity index (χ1) is 11.5. The third-order valence-corrected chi connectivity index (χ3v) is 5.63. The summed E-state index contributed by atoms with van der Waals surface area (Å²) in [5, 5.41) is 14.9. The zero-order valence-electron chi connectivity index (χ0n) is 13.9. The highest BCUT2D eigenvalue weighted by Gasteiger charge is 2.45. The zero-order chi connectivity index (χ0) is 16.9. The Kier molecular flexibility index (Phi) is 3.53. The number of aromatic nitrogens is 2. The van der Waals surface area contributed by atoms with E-state index in [2.05, 4.69) is 22.2 Å². The second-order valence-corrected chi connectivity index (χ2v) is 7.77. The standard InChI is InChI=1S/C18H24N4O2/c1-10-4-11-5-12(23)8-18(6-10,7-11)22-15-13-2-3-20-17(13)21-9-14(15)16(19)24/h2-3,9-12,23H,4-8H2,1H3,(H2,19,24)(H2,20,21,22)/t10?,11-,12?,18-/m0/s1. The van der Waals surface area contributed by atoms with E-state index in [9.17, 15) is 9.90 Å². The first-order valence-corrected chi connectivity index (χ1v) is 8.68. The molecule has 2 heterocycles. The number of primary amides is 1. The molecule has 0 aliphatic heterocycles. The number of hydrogen-bond acceptors (Lipinski definition) is 4. The number of nitrogens with two attached hydrogens (primary N) is 1. The summed E-state index contributed by atoms with van der Waals surface area (Å²) < 4.78 is 0. The van der Waals surface area contributed by atoms with Gasteiger partial charge in [-0.1, -0.05) is 6.92 Å². The molecule has 5 N–H and O–H groups in total. The first kappa shape index (κ1) is 15.4. The van der Waals surface area contributed by atoms with E-state index in [1.165, 1.54) is 12.6 Å². The van der Waals surface area contributed by atoms with Crippen molar-refractivity contribution in [2.75, 3.05) is 5.32 Å². The van der Waals surface area contributed by atoms with Gasteiger partial charge in [0.1, 0.15) is 5.65 Å². The quantitative estimate of drug-likeness (QED) is 0.694. The first-order valence-electron chi connectivity index (χ1n) is 8.68. The highest BCUT2D eigenvalue weighted by molar-refractivity contribution is 6.06. The van der Waals surface area contributed by atoms with Crippen LogP contribution >= 0.6 is 0 Å². The summed E-state index contributed by atoms with van der Waals surface area (Å²) in [7, 11) is 0. The van der Waals surface area contributed by atoms with E-state index in [-0.39, 0.29) is 11.6 Å². The zero-order valence-corrected chi connectivity index (χ0v) is 13.9. The topological polar surface area (TPSA) is 104 Å². The third-order valence-electron chi connectivity index (χ3n) is 5.63. The fourth-order valence-corrected chi connectivity index (χ4v) is 5.05. The van der Waals surface area contributed by atoms with Crippen LogP contribution in [-0.4, -0.2) is 32.6 Å². The molecule has 0 aromatic carbocycles. The number of fused-ring (bicyclic) bond motifs is 3. The third kappa shape index (κ3) is 2.55. The van der Waals surface area contributed by atoms with Crippen molar-refractivity contribution in [3.8, 4) is 0 Å². The maximum Gasteiger partial charge on any atom is 0.252 e. The Balaban J connectivity index is 1.78. The number of carbonyl (C=O) groups is 1. The molecule has 2 fully saturated rings. The van der Waals surface area contributed by atoms with Crippen LogP contribution in [0.1, 0.15) is 49.4 Å². The van der Waals surface area contributed by atoms with Gasteiger partial charge in [-0.2, -0.15) is 0 Å². The Labute approximate surface area is 140 Å². The van der Waals surface area contributed by atoms with Crippen molar-refractivity contribution in [3.05, 3.63) is 24.0 Å². The van der Waals surface area contributed by atoms with Gasteiger partial charge in [-0.3, -0.25) is 4.79 Å². The molecule has 2 aliphatic carbocycles.